The Morgan fingerprint density at radius 2 is 1.83 bits per heavy atom. The van der Waals surface area contributed by atoms with Gasteiger partial charge >= 0.3 is 0 Å². The Morgan fingerprint density at radius 1 is 1.17 bits per heavy atom. The van der Waals surface area contributed by atoms with Crippen molar-refractivity contribution in [2.24, 2.45) is 5.92 Å². The van der Waals surface area contributed by atoms with Crippen LogP contribution in [0, 0.1) is 5.92 Å². The zero-order valence-electron chi connectivity index (χ0n) is 15.4. The molecule has 0 amide bonds. The Hall–Kier alpha value is -1.24. The Kier molecular flexibility index (Phi) is 5.08. The van der Waals surface area contributed by atoms with E-state index in [1.807, 2.05) is 12.3 Å². The van der Waals surface area contributed by atoms with Gasteiger partial charge in [-0.15, -0.1) is 0 Å². The predicted molar refractivity (Wildman–Crippen MR) is 94.3 cm³/mol. The lowest BCUT2D eigenvalue weighted by atomic mass is 9.92. The van der Waals surface area contributed by atoms with Crippen LogP contribution in [0.25, 0.3) is 0 Å². The summed E-state index contributed by atoms with van der Waals surface area (Å²) in [5, 5.41) is 6.97. The zero-order chi connectivity index (χ0) is 17.3. The summed E-state index contributed by atoms with van der Waals surface area (Å²) in [6.45, 7) is 13.2. The van der Waals surface area contributed by atoms with E-state index in [1.165, 1.54) is 0 Å². The molecule has 2 N–H and O–H groups in total. The summed E-state index contributed by atoms with van der Waals surface area (Å²) in [4.78, 5) is 9.01. The summed E-state index contributed by atoms with van der Waals surface area (Å²) in [5.74, 6) is 1.27. The molecule has 2 aliphatic rings. The topological polar surface area (TPSA) is 68.3 Å². The molecule has 0 bridgehead atoms. The molecule has 2 aliphatic heterocycles. The summed E-state index contributed by atoms with van der Waals surface area (Å²) >= 11 is 0. The number of rotatable bonds is 5. The maximum atomic E-state index is 6.00. The molecule has 6 heteroatoms. The van der Waals surface area contributed by atoms with Gasteiger partial charge in [0.05, 0.1) is 31.0 Å². The fourth-order valence-electron chi connectivity index (χ4n) is 3.20. The Bertz CT molecular complexity index is 558. The first-order valence-corrected chi connectivity index (χ1v) is 8.91. The van der Waals surface area contributed by atoms with Crippen LogP contribution in [0.5, 0.6) is 0 Å². The van der Waals surface area contributed by atoms with E-state index >= 15 is 0 Å². The maximum Gasteiger partial charge on any atom is 0.223 e. The molecule has 2 saturated heterocycles. The van der Waals surface area contributed by atoms with Crippen molar-refractivity contribution in [3.05, 3.63) is 18.0 Å². The molecule has 24 heavy (non-hydrogen) atoms. The maximum absolute atomic E-state index is 6.00. The molecule has 2 fully saturated rings. The highest BCUT2D eigenvalue weighted by atomic mass is 16.6. The fourth-order valence-corrected chi connectivity index (χ4v) is 3.20. The summed E-state index contributed by atoms with van der Waals surface area (Å²) < 4.78 is 12.0. The van der Waals surface area contributed by atoms with Gasteiger partial charge in [-0.2, -0.15) is 0 Å². The molecule has 4 unspecified atom stereocenters. The van der Waals surface area contributed by atoms with Crippen molar-refractivity contribution in [1.29, 1.82) is 0 Å². The van der Waals surface area contributed by atoms with Gasteiger partial charge in [-0.25, -0.2) is 9.97 Å². The summed E-state index contributed by atoms with van der Waals surface area (Å²) in [6, 6.07) is 2.33. The first kappa shape index (κ1) is 17.6. The molecule has 0 aromatic carbocycles. The molecular weight excluding hydrogens is 304 g/mol. The van der Waals surface area contributed by atoms with Gasteiger partial charge in [-0.05, 0) is 18.5 Å². The van der Waals surface area contributed by atoms with Crippen molar-refractivity contribution >= 4 is 5.95 Å². The van der Waals surface area contributed by atoms with Crippen molar-refractivity contribution < 1.29 is 9.47 Å². The molecule has 1 aromatic rings. The molecule has 134 valence electrons. The van der Waals surface area contributed by atoms with Crippen LogP contribution < -0.4 is 10.6 Å². The molecule has 0 radical (unpaired) electrons. The van der Waals surface area contributed by atoms with E-state index in [4.69, 9.17) is 9.47 Å². The first-order chi connectivity index (χ1) is 11.3. The van der Waals surface area contributed by atoms with Gasteiger partial charge in [0.1, 0.15) is 12.2 Å². The SMILES string of the molecule is CC(C)CNC1COC2C(Nc3nccc(C(C)(C)C)n3)COC12. The van der Waals surface area contributed by atoms with E-state index < -0.39 is 0 Å². The molecule has 0 saturated carbocycles. The van der Waals surface area contributed by atoms with E-state index in [0.29, 0.717) is 25.1 Å². The quantitative estimate of drug-likeness (QED) is 0.858. The number of fused-ring (bicyclic) bond motifs is 1. The average molecular weight is 334 g/mol. The third kappa shape index (κ3) is 3.87. The van der Waals surface area contributed by atoms with Crippen LogP contribution in [0.1, 0.15) is 40.3 Å². The minimum Gasteiger partial charge on any atom is -0.371 e. The van der Waals surface area contributed by atoms with Crippen molar-refractivity contribution in [1.82, 2.24) is 15.3 Å². The normalized spacial score (nSPS) is 29.9. The predicted octanol–water partition coefficient (Wildman–Crippen LogP) is 1.97. The second-order valence-corrected chi connectivity index (χ2v) is 8.27. The number of hydrogen-bond acceptors (Lipinski definition) is 6. The summed E-state index contributed by atoms with van der Waals surface area (Å²) in [7, 11) is 0. The second-order valence-electron chi connectivity index (χ2n) is 8.27. The lowest BCUT2D eigenvalue weighted by molar-refractivity contribution is 0.0674. The van der Waals surface area contributed by atoms with Crippen molar-refractivity contribution in [2.75, 3.05) is 25.1 Å². The van der Waals surface area contributed by atoms with Crippen molar-refractivity contribution in [2.45, 2.75) is 64.3 Å². The van der Waals surface area contributed by atoms with Gasteiger partial charge in [0.15, 0.2) is 0 Å². The van der Waals surface area contributed by atoms with E-state index in [9.17, 15) is 0 Å². The number of nitrogens with one attached hydrogen (secondary N) is 2. The average Bonchev–Trinajstić information content (AvgIpc) is 3.08. The lowest BCUT2D eigenvalue weighted by Gasteiger charge is -2.21. The van der Waals surface area contributed by atoms with Gasteiger partial charge in [0.25, 0.3) is 0 Å². The number of hydrogen-bond donors (Lipinski definition) is 2. The van der Waals surface area contributed by atoms with Crippen molar-refractivity contribution in [3.8, 4) is 0 Å². The molecule has 3 rings (SSSR count). The summed E-state index contributed by atoms with van der Waals surface area (Å²) in [5.41, 5.74) is 1.03. The number of anilines is 1. The van der Waals surface area contributed by atoms with Crippen LogP contribution in [-0.2, 0) is 14.9 Å². The molecular formula is C18H30N4O2. The van der Waals surface area contributed by atoms with Gasteiger partial charge in [-0.1, -0.05) is 34.6 Å². The molecule has 6 nitrogen and oxygen atoms in total. The van der Waals surface area contributed by atoms with E-state index in [1.54, 1.807) is 0 Å². The molecule has 0 spiro atoms. The largest absolute Gasteiger partial charge is 0.371 e. The molecule has 0 aliphatic carbocycles. The monoisotopic (exact) mass is 334 g/mol. The minimum atomic E-state index is 0.00377. The molecule has 3 heterocycles. The molecule has 4 atom stereocenters. The van der Waals surface area contributed by atoms with Crippen LogP contribution in [-0.4, -0.2) is 54.0 Å². The van der Waals surface area contributed by atoms with Crippen LogP contribution in [0.3, 0.4) is 0 Å². The highest BCUT2D eigenvalue weighted by Crippen LogP contribution is 2.29. The Balaban J connectivity index is 1.62. The van der Waals surface area contributed by atoms with Crippen LogP contribution >= 0.6 is 0 Å². The van der Waals surface area contributed by atoms with E-state index in [2.05, 4.69) is 55.2 Å². The number of aromatic nitrogens is 2. The van der Waals surface area contributed by atoms with Crippen LogP contribution in [0.15, 0.2) is 12.3 Å². The van der Waals surface area contributed by atoms with E-state index in [-0.39, 0.29) is 29.7 Å². The van der Waals surface area contributed by atoms with Crippen LogP contribution in [0.2, 0.25) is 0 Å². The number of nitrogens with zero attached hydrogens (tertiary/aromatic N) is 2. The third-order valence-corrected chi connectivity index (χ3v) is 4.58. The van der Waals surface area contributed by atoms with Gasteiger partial charge in [0, 0.05) is 11.6 Å². The standard InChI is InChI=1S/C18H30N4O2/c1-11(2)8-20-12-9-23-16-13(10-24-15(12)16)21-17-19-7-6-14(22-17)18(3,4)5/h6-7,11-13,15-16,20H,8-10H2,1-5H3,(H,19,21,22). The third-order valence-electron chi connectivity index (χ3n) is 4.58. The van der Waals surface area contributed by atoms with Crippen molar-refractivity contribution in [3.63, 3.8) is 0 Å². The second kappa shape index (κ2) is 6.94. The number of ether oxygens (including phenoxy) is 2. The van der Waals surface area contributed by atoms with Gasteiger partial charge in [-0.3, -0.25) is 0 Å². The minimum absolute atomic E-state index is 0.00377. The van der Waals surface area contributed by atoms with Gasteiger partial charge < -0.3 is 20.1 Å². The van der Waals surface area contributed by atoms with Gasteiger partial charge in [0.2, 0.25) is 5.95 Å². The smallest absolute Gasteiger partial charge is 0.223 e. The molecule has 1 aromatic heterocycles. The lowest BCUT2D eigenvalue weighted by Crippen LogP contribution is -2.43. The Morgan fingerprint density at radius 3 is 2.50 bits per heavy atom. The highest BCUT2D eigenvalue weighted by Gasteiger charge is 2.47. The van der Waals surface area contributed by atoms with E-state index in [0.717, 1.165) is 12.2 Å². The fraction of sp³-hybridized carbons (Fsp3) is 0.778. The zero-order valence-corrected chi connectivity index (χ0v) is 15.4. The first-order valence-electron chi connectivity index (χ1n) is 8.91. The summed E-state index contributed by atoms with van der Waals surface area (Å²) in [6.07, 6.45) is 1.97. The Labute approximate surface area is 144 Å². The highest BCUT2D eigenvalue weighted by molar-refractivity contribution is 5.30. The van der Waals surface area contributed by atoms with Crippen LogP contribution in [0.4, 0.5) is 5.95 Å².